The molecule has 0 fully saturated rings. The molecule has 0 heterocycles. The van der Waals surface area contributed by atoms with Gasteiger partial charge in [0.25, 0.3) is 0 Å². The van der Waals surface area contributed by atoms with Crippen molar-refractivity contribution in [3.63, 3.8) is 0 Å². The van der Waals surface area contributed by atoms with E-state index in [1.54, 1.807) is 0 Å². The molecule has 3 N–H and O–H groups in total. The van der Waals surface area contributed by atoms with Gasteiger partial charge in [-0.3, -0.25) is 5.73 Å². The quantitative estimate of drug-likeness (QED) is 0.261. The number of hydrogen-bond acceptors (Lipinski definition) is 1. The Bertz CT molecular complexity index is 27.5. The third-order valence-electron chi connectivity index (χ3n) is 0. The number of nitrogens with zero attached hydrogens (tertiary/aromatic N) is 1. The van der Waals surface area contributed by atoms with Gasteiger partial charge in [0.2, 0.25) is 0 Å². The van der Waals surface area contributed by atoms with Crippen molar-refractivity contribution in [1.29, 1.82) is 5.26 Å². The summed E-state index contributed by atoms with van der Waals surface area (Å²) in [6.07, 6.45) is 1.50. The van der Waals surface area contributed by atoms with E-state index in [4.69, 9.17) is 5.26 Å². The number of nitriles is 1. The van der Waals surface area contributed by atoms with Gasteiger partial charge in [0.1, 0.15) is 0 Å². The molecule has 0 aliphatic heterocycles. The van der Waals surface area contributed by atoms with Crippen LogP contribution in [0, 0.1) is 11.5 Å². The molecule has 0 aromatic carbocycles. The fourth-order valence-corrected chi connectivity index (χ4v) is 0. The highest BCUT2D eigenvalue weighted by molar-refractivity contribution is 5.75. The summed E-state index contributed by atoms with van der Waals surface area (Å²) in [5, 5.41) is 7.21. The van der Waals surface area contributed by atoms with Crippen molar-refractivity contribution in [2.75, 3.05) is 0 Å². The highest BCUT2D eigenvalue weighted by atomic mass is 14.5. The second-order valence-corrected chi connectivity index (χ2v) is 0.158. The van der Waals surface area contributed by atoms with E-state index in [1.807, 2.05) is 0 Å². The van der Waals surface area contributed by atoms with Gasteiger partial charge in [0.05, 0.1) is 0 Å². The molecule has 0 aliphatic rings. The lowest BCUT2D eigenvalue weighted by atomic mass is 10.8. The maximum Gasteiger partial charge on any atom is 0.303 e. The zero-order valence-corrected chi connectivity index (χ0v) is 2.23. The van der Waals surface area contributed by atoms with Gasteiger partial charge in [-0.05, 0) is 0 Å². The molecule has 0 saturated carbocycles. The molecule has 0 atom stereocenters. The van der Waals surface area contributed by atoms with Crippen molar-refractivity contribution in [2.24, 2.45) is 0 Å². The third-order valence-corrected chi connectivity index (χ3v) is 0. The molecule has 0 amide bonds. The fourth-order valence-electron chi connectivity index (χ4n) is 0. The molecule has 0 spiro atoms. The highest BCUT2D eigenvalue weighted by Crippen LogP contribution is 0.794. The van der Waals surface area contributed by atoms with Crippen LogP contribution < -0.4 is 5.73 Å². The monoisotopic (exact) mass is 54.0 g/mol. The molecule has 20 valence electrons. The van der Waals surface area contributed by atoms with E-state index in [0.717, 1.165) is 0 Å². The fraction of sp³-hybridized carbons (Fsp3) is 0. The minimum atomic E-state index is 0. The summed E-state index contributed by atoms with van der Waals surface area (Å²) in [7, 11) is 0. The molecule has 4 radical (unpaired) electrons. The normalized spacial score (nSPS) is 2.00. The zero-order chi connectivity index (χ0) is 2.71. The standard InChI is InChI=1S/CH2N2.B/c2-1-3;/h2H2;/q;-1/p+1. The van der Waals surface area contributed by atoms with Gasteiger partial charge >= 0.3 is 6.19 Å². The third kappa shape index (κ3) is 1.71. The second-order valence-electron chi connectivity index (χ2n) is 0.158. The van der Waals surface area contributed by atoms with Crippen molar-refractivity contribution >= 4 is 8.41 Å². The van der Waals surface area contributed by atoms with E-state index in [0.29, 0.717) is 0 Å². The Labute approximate surface area is 26.8 Å². The Hall–Kier alpha value is -0.485. The number of rotatable bonds is 0. The zero-order valence-electron chi connectivity index (χ0n) is 2.23. The molecule has 0 unspecified atom stereocenters. The van der Waals surface area contributed by atoms with E-state index in [9.17, 15) is 0 Å². The van der Waals surface area contributed by atoms with Gasteiger partial charge in [-0.1, -0.05) is 0 Å². The van der Waals surface area contributed by atoms with Gasteiger partial charge in [0.15, 0.2) is 0 Å². The molecule has 2 nitrogen and oxygen atoms in total. The van der Waals surface area contributed by atoms with Crippen molar-refractivity contribution in [1.82, 2.24) is 0 Å². The molecular weight excluding hydrogens is 50.8 g/mol. The molecule has 0 aromatic rings. The SMILES string of the molecule is N#C[NH3+].[B-]. The summed E-state index contributed by atoms with van der Waals surface area (Å²) in [5.74, 6) is 0. The van der Waals surface area contributed by atoms with Crippen LogP contribution in [-0.4, -0.2) is 8.41 Å². The van der Waals surface area contributed by atoms with Gasteiger partial charge in [-0.15, -0.1) is 5.26 Å². The number of hydrogen-bond donors (Lipinski definition) is 1. The van der Waals surface area contributed by atoms with Gasteiger partial charge in [-0.2, -0.15) is 0 Å². The first kappa shape index (κ1) is 9.69. The minimum absolute atomic E-state index is 0. The first-order valence-corrected chi connectivity index (χ1v) is 0.577. The van der Waals surface area contributed by atoms with E-state index in [2.05, 4.69) is 5.73 Å². The van der Waals surface area contributed by atoms with Gasteiger partial charge < -0.3 is 8.41 Å². The predicted octanol–water partition coefficient (Wildman–Crippen LogP) is -1.67. The van der Waals surface area contributed by atoms with Crippen molar-refractivity contribution in [3.8, 4) is 6.19 Å². The summed E-state index contributed by atoms with van der Waals surface area (Å²) in [4.78, 5) is 0. The molecule has 4 heavy (non-hydrogen) atoms. The average molecular weight is 53.9 g/mol. The van der Waals surface area contributed by atoms with Crippen LogP contribution in [0.5, 0.6) is 0 Å². The topological polar surface area (TPSA) is 51.4 Å². The lowest BCUT2D eigenvalue weighted by Gasteiger charge is -1.15. The van der Waals surface area contributed by atoms with Crippen LogP contribution in [-0.2, 0) is 0 Å². The molecular formula is CH3BN2. The van der Waals surface area contributed by atoms with Crippen LogP contribution in [0.25, 0.3) is 0 Å². The van der Waals surface area contributed by atoms with Crippen LogP contribution in [0.2, 0.25) is 0 Å². The summed E-state index contributed by atoms with van der Waals surface area (Å²) in [6.45, 7) is 0. The Kier molecular flexibility index (Phi) is 52.7. The van der Waals surface area contributed by atoms with Crippen molar-refractivity contribution < 1.29 is 5.73 Å². The van der Waals surface area contributed by atoms with Crippen LogP contribution in [0.1, 0.15) is 0 Å². The molecule has 0 aliphatic carbocycles. The molecule has 0 rings (SSSR count). The lowest BCUT2D eigenvalue weighted by molar-refractivity contribution is -0.252. The Morgan fingerprint density at radius 3 is 1.75 bits per heavy atom. The molecule has 0 saturated heterocycles. The van der Waals surface area contributed by atoms with Crippen LogP contribution in [0.15, 0.2) is 0 Å². The van der Waals surface area contributed by atoms with Crippen molar-refractivity contribution in [2.45, 2.75) is 0 Å². The summed E-state index contributed by atoms with van der Waals surface area (Å²) in [6, 6.07) is 0. The van der Waals surface area contributed by atoms with E-state index < -0.39 is 0 Å². The van der Waals surface area contributed by atoms with E-state index in [-0.39, 0.29) is 8.41 Å². The average Bonchev–Trinajstić information content (AvgIpc) is 0.918. The molecule has 0 bridgehead atoms. The maximum absolute atomic E-state index is 7.21. The summed E-state index contributed by atoms with van der Waals surface area (Å²) < 4.78 is 0. The predicted molar refractivity (Wildman–Crippen MR) is 14.3 cm³/mol. The smallest absolute Gasteiger partial charge is 0.303 e. The van der Waals surface area contributed by atoms with Crippen LogP contribution >= 0.6 is 0 Å². The second kappa shape index (κ2) is 21.8. The van der Waals surface area contributed by atoms with Crippen LogP contribution in [0.4, 0.5) is 0 Å². The Morgan fingerprint density at radius 1 is 1.75 bits per heavy atom. The largest absolute Gasteiger partial charge is 1.00 e. The summed E-state index contributed by atoms with van der Waals surface area (Å²) >= 11 is 0. The van der Waals surface area contributed by atoms with Gasteiger partial charge in [0, 0.05) is 0 Å². The first-order chi connectivity index (χ1) is 1.41. The highest BCUT2D eigenvalue weighted by Gasteiger charge is 1.22. The Morgan fingerprint density at radius 2 is 1.75 bits per heavy atom. The van der Waals surface area contributed by atoms with Gasteiger partial charge in [-0.25, -0.2) is 0 Å². The van der Waals surface area contributed by atoms with E-state index in [1.165, 1.54) is 6.19 Å². The lowest BCUT2D eigenvalue weighted by Crippen LogP contribution is -2.39. The summed E-state index contributed by atoms with van der Waals surface area (Å²) in [5.41, 5.74) is 2.79. The number of quaternary nitrogens is 1. The Balaban J connectivity index is 0. The van der Waals surface area contributed by atoms with Crippen LogP contribution in [0.3, 0.4) is 0 Å². The maximum atomic E-state index is 7.21. The minimum Gasteiger partial charge on any atom is -1.00 e. The first-order valence-electron chi connectivity index (χ1n) is 0.577. The molecule has 0 aromatic heterocycles. The van der Waals surface area contributed by atoms with Crippen molar-refractivity contribution in [3.05, 3.63) is 0 Å². The van der Waals surface area contributed by atoms with E-state index >= 15 is 0 Å². The molecule has 3 heteroatoms.